The summed E-state index contributed by atoms with van der Waals surface area (Å²) in [5.41, 5.74) is 2.29. The first-order valence-corrected chi connectivity index (χ1v) is 10.7. The molecule has 1 heterocycles. The summed E-state index contributed by atoms with van der Waals surface area (Å²) in [4.78, 5) is 12.5. The lowest BCUT2D eigenvalue weighted by Crippen LogP contribution is -2.48. The minimum Gasteiger partial charge on any atom is -0.423 e. The lowest BCUT2D eigenvalue weighted by atomic mass is 10.1. The Morgan fingerprint density at radius 2 is 1.54 bits per heavy atom. The Labute approximate surface area is 166 Å². The van der Waals surface area contributed by atoms with Crippen LogP contribution in [0.15, 0.2) is 47.4 Å². The minimum absolute atomic E-state index is 0.150. The van der Waals surface area contributed by atoms with E-state index in [1.807, 2.05) is 33.8 Å². The number of hydrogen-bond acceptors (Lipinski definition) is 5. The van der Waals surface area contributed by atoms with Gasteiger partial charge in [0, 0.05) is 13.1 Å². The topological polar surface area (TPSA) is 72.9 Å². The summed E-state index contributed by atoms with van der Waals surface area (Å²) in [6.45, 7) is 8.18. The molecule has 0 aliphatic carbocycles. The standard InChI is InChI=1S/C21H25NO5S/c1-14-9-15(2)11-19(10-14)27-21(23)18-5-7-20(8-6-18)28(24,25)22-12-16(3)26-17(4)13-22/h5-11,16-17H,12-13H2,1-4H3/t16-,17-/m1/s1. The Balaban J connectivity index is 1.76. The minimum atomic E-state index is -3.64. The zero-order valence-electron chi connectivity index (χ0n) is 16.5. The molecule has 1 fully saturated rings. The zero-order chi connectivity index (χ0) is 20.5. The summed E-state index contributed by atoms with van der Waals surface area (Å²) >= 11 is 0. The highest BCUT2D eigenvalue weighted by atomic mass is 32.2. The van der Waals surface area contributed by atoms with E-state index in [9.17, 15) is 13.2 Å². The number of morpholine rings is 1. The number of nitrogens with zero attached hydrogens (tertiary/aromatic N) is 1. The van der Waals surface area contributed by atoms with Crippen molar-refractivity contribution >= 4 is 16.0 Å². The van der Waals surface area contributed by atoms with Crippen LogP contribution >= 0.6 is 0 Å². The summed E-state index contributed by atoms with van der Waals surface area (Å²) in [5.74, 6) is -0.0574. The Bertz CT molecular complexity index is 939. The lowest BCUT2D eigenvalue weighted by molar-refractivity contribution is -0.0440. The van der Waals surface area contributed by atoms with Crippen LogP contribution < -0.4 is 4.74 Å². The number of rotatable bonds is 4. The van der Waals surface area contributed by atoms with Crippen LogP contribution in [0.3, 0.4) is 0 Å². The van der Waals surface area contributed by atoms with Crippen LogP contribution in [0, 0.1) is 13.8 Å². The molecule has 0 unspecified atom stereocenters. The van der Waals surface area contributed by atoms with Gasteiger partial charge in [0.15, 0.2) is 0 Å². The van der Waals surface area contributed by atoms with Crippen molar-refractivity contribution in [1.82, 2.24) is 4.31 Å². The molecule has 0 aromatic heterocycles. The fourth-order valence-corrected chi connectivity index (χ4v) is 4.99. The van der Waals surface area contributed by atoms with Crippen LogP contribution in [0.1, 0.15) is 35.3 Å². The number of hydrogen-bond donors (Lipinski definition) is 0. The van der Waals surface area contributed by atoms with Crippen LogP contribution in [0.25, 0.3) is 0 Å². The molecule has 3 rings (SSSR count). The van der Waals surface area contributed by atoms with Crippen molar-refractivity contribution in [2.75, 3.05) is 13.1 Å². The highest BCUT2D eigenvalue weighted by Gasteiger charge is 2.32. The molecule has 0 radical (unpaired) electrons. The molecule has 0 N–H and O–H groups in total. The van der Waals surface area contributed by atoms with Crippen LogP contribution in [0.2, 0.25) is 0 Å². The molecule has 0 spiro atoms. The maximum Gasteiger partial charge on any atom is 0.343 e. The molecule has 150 valence electrons. The molecule has 1 aliphatic rings. The Morgan fingerprint density at radius 3 is 2.07 bits per heavy atom. The fraction of sp³-hybridized carbons (Fsp3) is 0.381. The number of ether oxygens (including phenoxy) is 2. The lowest BCUT2D eigenvalue weighted by Gasteiger charge is -2.34. The molecule has 7 heteroatoms. The van der Waals surface area contributed by atoms with E-state index in [2.05, 4.69) is 0 Å². The van der Waals surface area contributed by atoms with Gasteiger partial charge in [-0.2, -0.15) is 4.31 Å². The van der Waals surface area contributed by atoms with Gasteiger partial charge in [-0.3, -0.25) is 0 Å². The molecular weight excluding hydrogens is 378 g/mol. The van der Waals surface area contributed by atoms with Gasteiger partial charge in [0.1, 0.15) is 5.75 Å². The van der Waals surface area contributed by atoms with Gasteiger partial charge < -0.3 is 9.47 Å². The third-order valence-electron chi connectivity index (χ3n) is 4.52. The number of benzene rings is 2. The summed E-state index contributed by atoms with van der Waals surface area (Å²) in [7, 11) is -3.64. The number of sulfonamides is 1. The fourth-order valence-electron chi connectivity index (χ4n) is 3.40. The van der Waals surface area contributed by atoms with Gasteiger partial charge in [-0.15, -0.1) is 0 Å². The molecule has 1 saturated heterocycles. The van der Waals surface area contributed by atoms with E-state index in [-0.39, 0.29) is 17.1 Å². The molecule has 0 amide bonds. The second-order valence-corrected chi connectivity index (χ2v) is 9.25. The van der Waals surface area contributed by atoms with Crippen molar-refractivity contribution in [3.05, 3.63) is 59.2 Å². The van der Waals surface area contributed by atoms with Crippen molar-refractivity contribution in [3.8, 4) is 5.75 Å². The Morgan fingerprint density at radius 1 is 1.00 bits per heavy atom. The quantitative estimate of drug-likeness (QED) is 0.578. The number of esters is 1. The van der Waals surface area contributed by atoms with Gasteiger partial charge in [-0.1, -0.05) is 6.07 Å². The average molecular weight is 404 g/mol. The van der Waals surface area contributed by atoms with Gasteiger partial charge in [-0.25, -0.2) is 13.2 Å². The average Bonchev–Trinajstić information content (AvgIpc) is 2.60. The van der Waals surface area contributed by atoms with E-state index in [1.165, 1.54) is 28.6 Å². The van der Waals surface area contributed by atoms with Gasteiger partial charge in [0.2, 0.25) is 10.0 Å². The number of aryl methyl sites for hydroxylation is 2. The van der Waals surface area contributed by atoms with E-state index in [0.29, 0.717) is 24.4 Å². The normalized spacial score (nSPS) is 20.7. The van der Waals surface area contributed by atoms with Gasteiger partial charge in [-0.05, 0) is 75.2 Å². The summed E-state index contributed by atoms with van der Waals surface area (Å²) in [6, 6.07) is 11.4. The molecule has 0 saturated carbocycles. The highest BCUT2D eigenvalue weighted by Crippen LogP contribution is 2.22. The second-order valence-electron chi connectivity index (χ2n) is 7.32. The molecule has 0 bridgehead atoms. The van der Waals surface area contributed by atoms with Crippen molar-refractivity contribution in [2.24, 2.45) is 0 Å². The third-order valence-corrected chi connectivity index (χ3v) is 6.37. The van der Waals surface area contributed by atoms with E-state index < -0.39 is 16.0 Å². The van der Waals surface area contributed by atoms with Crippen LogP contribution in [0.5, 0.6) is 5.75 Å². The smallest absolute Gasteiger partial charge is 0.343 e. The predicted octanol–water partition coefficient (Wildman–Crippen LogP) is 3.32. The molecule has 28 heavy (non-hydrogen) atoms. The second kappa shape index (κ2) is 8.03. The van der Waals surface area contributed by atoms with Crippen LogP contribution in [-0.2, 0) is 14.8 Å². The molecule has 1 aliphatic heterocycles. The molecule has 2 aromatic carbocycles. The van der Waals surface area contributed by atoms with Crippen molar-refractivity contribution in [1.29, 1.82) is 0 Å². The number of carbonyl (C=O) groups is 1. The Kier molecular flexibility index (Phi) is 5.88. The van der Waals surface area contributed by atoms with Gasteiger partial charge in [0.25, 0.3) is 0 Å². The Hall–Kier alpha value is -2.22. The monoisotopic (exact) mass is 403 g/mol. The number of carbonyl (C=O) groups excluding carboxylic acids is 1. The van der Waals surface area contributed by atoms with Crippen LogP contribution in [-0.4, -0.2) is 44.0 Å². The van der Waals surface area contributed by atoms with Gasteiger partial charge >= 0.3 is 5.97 Å². The van der Waals surface area contributed by atoms with E-state index in [1.54, 1.807) is 12.1 Å². The van der Waals surface area contributed by atoms with Crippen LogP contribution in [0.4, 0.5) is 0 Å². The zero-order valence-corrected chi connectivity index (χ0v) is 17.3. The summed E-state index contributed by atoms with van der Waals surface area (Å²) in [6.07, 6.45) is -0.323. The third kappa shape index (κ3) is 4.60. The molecule has 2 aromatic rings. The highest BCUT2D eigenvalue weighted by molar-refractivity contribution is 7.89. The van der Waals surface area contributed by atoms with E-state index in [4.69, 9.17) is 9.47 Å². The predicted molar refractivity (Wildman–Crippen MR) is 106 cm³/mol. The maximum absolute atomic E-state index is 12.9. The van der Waals surface area contributed by atoms with Crippen molar-refractivity contribution in [3.63, 3.8) is 0 Å². The van der Waals surface area contributed by atoms with Gasteiger partial charge in [0.05, 0.1) is 22.7 Å². The molecule has 2 atom stereocenters. The van der Waals surface area contributed by atoms with Crippen molar-refractivity contribution < 1.29 is 22.7 Å². The first-order chi connectivity index (χ1) is 13.1. The maximum atomic E-state index is 12.9. The largest absolute Gasteiger partial charge is 0.423 e. The SMILES string of the molecule is Cc1cc(C)cc(OC(=O)c2ccc(S(=O)(=O)N3C[C@@H](C)O[C@H](C)C3)cc2)c1. The van der Waals surface area contributed by atoms with E-state index in [0.717, 1.165) is 11.1 Å². The summed E-state index contributed by atoms with van der Waals surface area (Å²) < 4.78 is 38.2. The van der Waals surface area contributed by atoms with Crippen molar-refractivity contribution in [2.45, 2.75) is 44.8 Å². The first-order valence-electron chi connectivity index (χ1n) is 9.21. The molecule has 6 nitrogen and oxygen atoms in total. The summed E-state index contributed by atoms with van der Waals surface area (Å²) in [5, 5.41) is 0. The first kappa shape index (κ1) is 20.5. The van der Waals surface area contributed by atoms with E-state index >= 15 is 0 Å². The molecular formula is C21H25NO5S.